The van der Waals surface area contributed by atoms with E-state index in [2.05, 4.69) is 17.1 Å². The lowest BCUT2D eigenvalue weighted by Gasteiger charge is -2.05. The molecule has 0 aliphatic rings. The molecule has 1 aromatic heterocycles. The number of methoxy groups -OCH3 is 1. The van der Waals surface area contributed by atoms with Crippen molar-refractivity contribution in [3.8, 4) is 0 Å². The number of thiazole rings is 1. The average molecular weight is 407 g/mol. The Kier molecular flexibility index (Phi) is 5.20. The molecule has 0 fully saturated rings. The first kappa shape index (κ1) is 19.0. The van der Waals surface area contributed by atoms with Gasteiger partial charge in [-0.25, -0.2) is 0 Å². The van der Waals surface area contributed by atoms with Crippen LogP contribution in [0.5, 0.6) is 0 Å². The van der Waals surface area contributed by atoms with E-state index in [-0.39, 0.29) is 5.69 Å². The number of non-ortho nitro benzene ring substituents is 1. The number of benzene rings is 3. The molecule has 0 unspecified atom stereocenters. The Hall–Kier alpha value is -3.36. The molecule has 4 rings (SSSR count). The van der Waals surface area contributed by atoms with Gasteiger partial charge in [-0.05, 0) is 23.6 Å². The highest BCUT2D eigenvalue weighted by atomic mass is 32.1. The number of ether oxygens (including phenoxy) is 1. The number of carbonyl (C=O) groups is 1. The van der Waals surface area contributed by atoms with Crippen LogP contribution in [0, 0.1) is 10.1 Å². The molecule has 0 spiro atoms. The van der Waals surface area contributed by atoms with Crippen LogP contribution in [0.1, 0.15) is 10.4 Å². The Balaban J connectivity index is 1.85. The molecule has 4 aromatic rings. The van der Waals surface area contributed by atoms with Crippen molar-refractivity contribution in [2.45, 2.75) is 6.54 Å². The van der Waals surface area contributed by atoms with Gasteiger partial charge >= 0.3 is 0 Å². The summed E-state index contributed by atoms with van der Waals surface area (Å²) in [5.74, 6) is -0.443. The van der Waals surface area contributed by atoms with Crippen molar-refractivity contribution < 1.29 is 14.5 Å². The number of nitro groups is 1. The van der Waals surface area contributed by atoms with Crippen molar-refractivity contribution in [1.82, 2.24) is 4.57 Å². The van der Waals surface area contributed by atoms with Crippen LogP contribution in [-0.4, -0.2) is 29.1 Å². The molecule has 7 nitrogen and oxygen atoms in total. The third-order valence-corrected chi connectivity index (χ3v) is 5.74. The number of hydrogen-bond acceptors (Lipinski definition) is 5. The van der Waals surface area contributed by atoms with E-state index >= 15 is 0 Å². The molecule has 0 atom stereocenters. The first-order valence-electron chi connectivity index (χ1n) is 8.92. The zero-order valence-corrected chi connectivity index (χ0v) is 16.4. The van der Waals surface area contributed by atoms with Crippen LogP contribution in [0.25, 0.3) is 21.0 Å². The highest BCUT2D eigenvalue weighted by Gasteiger charge is 2.13. The fourth-order valence-corrected chi connectivity index (χ4v) is 4.35. The summed E-state index contributed by atoms with van der Waals surface area (Å²) in [4.78, 5) is 27.9. The summed E-state index contributed by atoms with van der Waals surface area (Å²) >= 11 is 1.45. The minimum Gasteiger partial charge on any atom is -0.383 e. The van der Waals surface area contributed by atoms with Crippen LogP contribution >= 0.6 is 11.3 Å². The summed E-state index contributed by atoms with van der Waals surface area (Å²) in [7, 11) is 1.63. The number of nitro benzene ring substituents is 1. The van der Waals surface area contributed by atoms with E-state index < -0.39 is 10.8 Å². The van der Waals surface area contributed by atoms with Crippen LogP contribution in [0.15, 0.2) is 65.7 Å². The van der Waals surface area contributed by atoms with Crippen LogP contribution in [0.4, 0.5) is 5.69 Å². The molecule has 29 heavy (non-hydrogen) atoms. The summed E-state index contributed by atoms with van der Waals surface area (Å²) in [5.41, 5.74) is 1.22. The van der Waals surface area contributed by atoms with E-state index in [0.29, 0.717) is 23.5 Å². The first-order chi connectivity index (χ1) is 14.1. The molecule has 8 heteroatoms. The zero-order chi connectivity index (χ0) is 20.4. The van der Waals surface area contributed by atoms with Gasteiger partial charge in [0.2, 0.25) is 0 Å². The van der Waals surface area contributed by atoms with E-state index in [1.54, 1.807) is 7.11 Å². The smallest absolute Gasteiger partial charge is 0.279 e. The van der Waals surface area contributed by atoms with Gasteiger partial charge in [-0.2, -0.15) is 4.99 Å². The van der Waals surface area contributed by atoms with Crippen LogP contribution in [-0.2, 0) is 11.3 Å². The van der Waals surface area contributed by atoms with Crippen LogP contribution in [0.2, 0.25) is 0 Å². The SMILES string of the molecule is COCCn1c(=NC(=O)c2ccc([N+](=O)[O-])cc2)sc2c3ccccc3ccc21. The molecule has 1 amide bonds. The van der Waals surface area contributed by atoms with E-state index in [4.69, 9.17) is 4.74 Å². The predicted octanol–water partition coefficient (Wildman–Crippen LogP) is 4.15. The van der Waals surface area contributed by atoms with E-state index in [9.17, 15) is 14.9 Å². The molecule has 0 saturated heterocycles. The molecule has 0 aliphatic heterocycles. The molecular formula is C21H17N3O4S. The van der Waals surface area contributed by atoms with Gasteiger partial charge in [0.1, 0.15) is 0 Å². The number of fused-ring (bicyclic) bond motifs is 3. The van der Waals surface area contributed by atoms with Crippen molar-refractivity contribution in [3.05, 3.63) is 81.1 Å². The van der Waals surface area contributed by atoms with Gasteiger partial charge in [-0.15, -0.1) is 0 Å². The second-order valence-electron chi connectivity index (χ2n) is 6.38. The minimum absolute atomic E-state index is 0.0648. The minimum atomic E-state index is -0.499. The van der Waals surface area contributed by atoms with Gasteiger partial charge in [0.15, 0.2) is 4.80 Å². The normalized spacial score (nSPS) is 12.0. The lowest BCUT2D eigenvalue weighted by atomic mass is 10.1. The molecule has 0 bridgehead atoms. The van der Waals surface area contributed by atoms with Gasteiger partial charge in [-0.1, -0.05) is 41.7 Å². The summed E-state index contributed by atoms with van der Waals surface area (Å²) in [6.45, 7) is 1.04. The lowest BCUT2D eigenvalue weighted by molar-refractivity contribution is -0.384. The first-order valence-corrected chi connectivity index (χ1v) is 9.73. The third kappa shape index (κ3) is 3.67. The lowest BCUT2D eigenvalue weighted by Crippen LogP contribution is -2.19. The standard InChI is InChI=1S/C21H17N3O4S/c1-28-13-12-23-18-11-8-14-4-2-3-5-17(14)19(18)29-21(23)22-20(25)15-6-9-16(10-7-15)24(26)27/h2-11H,12-13H2,1H3. The fourth-order valence-electron chi connectivity index (χ4n) is 3.16. The third-order valence-electron chi connectivity index (χ3n) is 4.62. The van der Waals surface area contributed by atoms with Crippen molar-refractivity contribution in [1.29, 1.82) is 0 Å². The Bertz CT molecular complexity index is 1290. The zero-order valence-electron chi connectivity index (χ0n) is 15.6. The van der Waals surface area contributed by atoms with Crippen molar-refractivity contribution >= 4 is 43.9 Å². The van der Waals surface area contributed by atoms with E-state index in [1.165, 1.54) is 35.6 Å². The maximum Gasteiger partial charge on any atom is 0.279 e. The van der Waals surface area contributed by atoms with Gasteiger partial charge in [0, 0.05) is 36.7 Å². The van der Waals surface area contributed by atoms with Crippen molar-refractivity contribution in [3.63, 3.8) is 0 Å². The van der Waals surface area contributed by atoms with Gasteiger partial charge in [0.05, 0.1) is 21.7 Å². The molecule has 0 N–H and O–H groups in total. The Labute approximate surface area is 169 Å². The number of amides is 1. The van der Waals surface area contributed by atoms with Gasteiger partial charge < -0.3 is 9.30 Å². The van der Waals surface area contributed by atoms with Crippen LogP contribution in [0.3, 0.4) is 0 Å². The number of rotatable bonds is 5. The number of carbonyl (C=O) groups excluding carboxylic acids is 1. The maximum atomic E-state index is 12.7. The molecular weight excluding hydrogens is 390 g/mol. The fraction of sp³-hybridized carbons (Fsp3) is 0.143. The van der Waals surface area contributed by atoms with Gasteiger partial charge in [-0.3, -0.25) is 14.9 Å². The summed E-state index contributed by atoms with van der Waals surface area (Å²) in [5, 5.41) is 13.0. The van der Waals surface area contributed by atoms with Crippen molar-refractivity contribution in [2.75, 3.05) is 13.7 Å². The molecule has 3 aromatic carbocycles. The molecule has 0 radical (unpaired) electrons. The Morgan fingerprint density at radius 3 is 2.62 bits per heavy atom. The second-order valence-corrected chi connectivity index (χ2v) is 7.36. The highest BCUT2D eigenvalue weighted by molar-refractivity contribution is 7.17. The molecule has 0 saturated carbocycles. The summed E-state index contributed by atoms with van der Waals surface area (Å²) < 4.78 is 8.25. The number of nitrogens with zero attached hydrogens (tertiary/aromatic N) is 3. The Morgan fingerprint density at radius 1 is 1.14 bits per heavy atom. The average Bonchev–Trinajstić information content (AvgIpc) is 3.09. The largest absolute Gasteiger partial charge is 0.383 e. The van der Waals surface area contributed by atoms with E-state index in [0.717, 1.165) is 21.0 Å². The van der Waals surface area contributed by atoms with Crippen molar-refractivity contribution in [2.24, 2.45) is 4.99 Å². The predicted molar refractivity (Wildman–Crippen MR) is 112 cm³/mol. The number of aromatic nitrogens is 1. The monoisotopic (exact) mass is 407 g/mol. The van der Waals surface area contributed by atoms with E-state index in [1.807, 2.05) is 28.8 Å². The maximum absolute atomic E-state index is 12.7. The molecule has 146 valence electrons. The molecule has 1 heterocycles. The topological polar surface area (TPSA) is 86.7 Å². The highest BCUT2D eigenvalue weighted by Crippen LogP contribution is 2.27. The Morgan fingerprint density at radius 2 is 1.90 bits per heavy atom. The van der Waals surface area contributed by atoms with Gasteiger partial charge in [0.25, 0.3) is 11.6 Å². The second kappa shape index (κ2) is 7.94. The van der Waals surface area contributed by atoms with Crippen LogP contribution < -0.4 is 4.80 Å². The molecule has 0 aliphatic carbocycles. The quantitative estimate of drug-likeness (QED) is 0.367. The summed E-state index contributed by atoms with van der Waals surface area (Å²) in [6.07, 6.45) is 0. The summed E-state index contributed by atoms with van der Waals surface area (Å²) in [6, 6.07) is 17.6. The number of hydrogen-bond donors (Lipinski definition) is 0.